The molecule has 1 atom stereocenters. The van der Waals surface area contributed by atoms with Gasteiger partial charge in [0.05, 0.1) is 11.0 Å². The Balaban J connectivity index is 1.57. The van der Waals surface area contributed by atoms with Crippen LogP contribution in [-0.4, -0.2) is 35.1 Å². The van der Waals surface area contributed by atoms with Crippen LogP contribution in [0.3, 0.4) is 0 Å². The molecule has 0 saturated heterocycles. The molecule has 0 radical (unpaired) electrons. The highest BCUT2D eigenvalue weighted by Gasteiger charge is 2.14. The van der Waals surface area contributed by atoms with Crippen LogP contribution in [0.1, 0.15) is 13.3 Å². The molecule has 2 rings (SSSR count). The maximum Gasteiger partial charge on any atom is 0.234 e. The Hall–Kier alpha value is -1.99. The topological polar surface area (TPSA) is 58.2 Å². The molecule has 2 amide bonds. The number of carbonyl (C=O) groups is 2. The van der Waals surface area contributed by atoms with Crippen LogP contribution in [0.25, 0.3) is 0 Å². The van der Waals surface area contributed by atoms with E-state index in [9.17, 15) is 14.0 Å². The van der Waals surface area contributed by atoms with E-state index in [-0.39, 0.29) is 28.6 Å². The Morgan fingerprint density at radius 1 is 1.07 bits per heavy atom. The van der Waals surface area contributed by atoms with Crippen LogP contribution < -0.4 is 10.6 Å². The smallest absolute Gasteiger partial charge is 0.234 e. The second-order valence-electron chi connectivity index (χ2n) is 5.81. The summed E-state index contributed by atoms with van der Waals surface area (Å²) in [6.45, 7) is 2.40. The third-order valence-corrected chi connectivity index (χ3v) is 5.84. The first-order valence-electron chi connectivity index (χ1n) is 8.67. The number of benzene rings is 2. The van der Waals surface area contributed by atoms with Crippen molar-refractivity contribution in [2.75, 3.05) is 23.4 Å². The second-order valence-corrected chi connectivity index (χ2v) is 8.31. The SMILES string of the molecule is CC(SCC(=O)Nc1ccc(F)cc1)C(=O)NCCCSc1ccccc1. The second kappa shape index (κ2) is 11.7. The number of hydrogen-bond donors (Lipinski definition) is 2. The van der Waals surface area contributed by atoms with Crippen molar-refractivity contribution >= 4 is 41.0 Å². The van der Waals surface area contributed by atoms with Gasteiger partial charge in [0.25, 0.3) is 0 Å². The lowest BCUT2D eigenvalue weighted by molar-refractivity contribution is -0.120. The summed E-state index contributed by atoms with van der Waals surface area (Å²) < 4.78 is 12.8. The average molecular weight is 407 g/mol. The molecule has 0 bridgehead atoms. The molecule has 27 heavy (non-hydrogen) atoms. The van der Waals surface area contributed by atoms with Crippen LogP contribution in [0.4, 0.5) is 10.1 Å². The fourth-order valence-electron chi connectivity index (χ4n) is 2.14. The summed E-state index contributed by atoms with van der Waals surface area (Å²) in [4.78, 5) is 25.2. The summed E-state index contributed by atoms with van der Waals surface area (Å²) in [7, 11) is 0. The summed E-state index contributed by atoms with van der Waals surface area (Å²) in [5, 5.41) is 5.27. The molecule has 0 fully saturated rings. The predicted octanol–water partition coefficient (Wildman–Crippen LogP) is 4.18. The van der Waals surface area contributed by atoms with Crippen molar-refractivity contribution in [3.8, 4) is 0 Å². The van der Waals surface area contributed by atoms with E-state index in [0.717, 1.165) is 12.2 Å². The quantitative estimate of drug-likeness (QED) is 0.459. The molecule has 0 heterocycles. The highest BCUT2D eigenvalue weighted by Crippen LogP contribution is 2.17. The molecule has 1 unspecified atom stereocenters. The fourth-order valence-corrected chi connectivity index (χ4v) is 3.72. The molecular formula is C20H23FN2O2S2. The minimum atomic E-state index is -0.352. The van der Waals surface area contributed by atoms with Crippen molar-refractivity contribution in [2.45, 2.75) is 23.5 Å². The Bertz CT molecular complexity index is 727. The van der Waals surface area contributed by atoms with Crippen LogP contribution in [0.15, 0.2) is 59.5 Å². The van der Waals surface area contributed by atoms with E-state index in [1.165, 1.54) is 40.9 Å². The molecule has 144 valence electrons. The van der Waals surface area contributed by atoms with Crippen LogP contribution in [-0.2, 0) is 9.59 Å². The minimum absolute atomic E-state index is 0.0701. The first-order valence-corrected chi connectivity index (χ1v) is 10.7. The van der Waals surface area contributed by atoms with Gasteiger partial charge in [-0.3, -0.25) is 9.59 Å². The van der Waals surface area contributed by atoms with E-state index >= 15 is 0 Å². The molecule has 0 aromatic heterocycles. The largest absolute Gasteiger partial charge is 0.355 e. The maximum atomic E-state index is 12.8. The van der Waals surface area contributed by atoms with E-state index in [2.05, 4.69) is 22.8 Å². The summed E-state index contributed by atoms with van der Waals surface area (Å²) >= 11 is 3.04. The van der Waals surface area contributed by atoms with E-state index in [1.807, 2.05) is 18.2 Å². The van der Waals surface area contributed by atoms with Crippen LogP contribution >= 0.6 is 23.5 Å². The Morgan fingerprint density at radius 2 is 1.78 bits per heavy atom. The predicted molar refractivity (Wildman–Crippen MR) is 112 cm³/mol. The van der Waals surface area contributed by atoms with Gasteiger partial charge in [-0.05, 0) is 55.5 Å². The van der Waals surface area contributed by atoms with Gasteiger partial charge in [0.1, 0.15) is 5.82 Å². The zero-order valence-electron chi connectivity index (χ0n) is 15.1. The van der Waals surface area contributed by atoms with Gasteiger partial charge in [-0.1, -0.05) is 18.2 Å². The average Bonchev–Trinajstić information content (AvgIpc) is 2.68. The number of hydrogen-bond acceptors (Lipinski definition) is 4. The van der Waals surface area contributed by atoms with E-state index < -0.39 is 0 Å². The number of carbonyl (C=O) groups excluding carboxylic acids is 2. The summed E-state index contributed by atoms with van der Waals surface area (Å²) in [6, 6.07) is 15.7. The first-order chi connectivity index (χ1) is 13.0. The number of thioether (sulfide) groups is 2. The molecule has 0 aliphatic carbocycles. The summed E-state index contributed by atoms with van der Waals surface area (Å²) in [5.41, 5.74) is 0.537. The highest BCUT2D eigenvalue weighted by molar-refractivity contribution is 8.01. The van der Waals surface area contributed by atoms with Crippen molar-refractivity contribution in [1.82, 2.24) is 5.32 Å². The number of amides is 2. The van der Waals surface area contributed by atoms with Gasteiger partial charge >= 0.3 is 0 Å². The van der Waals surface area contributed by atoms with Gasteiger partial charge in [0, 0.05) is 17.1 Å². The van der Waals surface area contributed by atoms with E-state index in [4.69, 9.17) is 0 Å². The number of rotatable bonds is 10. The molecule has 0 spiro atoms. The zero-order chi connectivity index (χ0) is 19.5. The molecule has 7 heteroatoms. The van der Waals surface area contributed by atoms with Gasteiger partial charge in [-0.15, -0.1) is 23.5 Å². The standard InChI is InChI=1S/C20H23FN2O2S2/c1-15(27-14-19(24)23-17-10-8-16(21)9-11-17)20(25)22-12-5-13-26-18-6-3-2-4-7-18/h2-4,6-11,15H,5,12-14H2,1H3,(H,22,25)(H,23,24). The fraction of sp³-hybridized carbons (Fsp3) is 0.300. The van der Waals surface area contributed by atoms with Crippen molar-refractivity contribution in [1.29, 1.82) is 0 Å². The minimum Gasteiger partial charge on any atom is -0.355 e. The van der Waals surface area contributed by atoms with Crippen LogP contribution in [0.2, 0.25) is 0 Å². The van der Waals surface area contributed by atoms with Gasteiger partial charge in [0.2, 0.25) is 11.8 Å². The lowest BCUT2D eigenvalue weighted by Gasteiger charge is -2.12. The number of anilines is 1. The molecule has 2 aromatic carbocycles. The monoisotopic (exact) mass is 406 g/mol. The molecule has 0 aliphatic heterocycles. The lowest BCUT2D eigenvalue weighted by Crippen LogP contribution is -2.32. The number of nitrogens with one attached hydrogen (secondary N) is 2. The van der Waals surface area contributed by atoms with Crippen molar-refractivity contribution in [2.24, 2.45) is 0 Å². The molecule has 2 N–H and O–H groups in total. The van der Waals surface area contributed by atoms with E-state index in [0.29, 0.717) is 12.2 Å². The third kappa shape index (κ3) is 8.49. The molecule has 0 aliphatic rings. The Morgan fingerprint density at radius 3 is 2.48 bits per heavy atom. The highest BCUT2D eigenvalue weighted by atomic mass is 32.2. The van der Waals surface area contributed by atoms with Gasteiger partial charge in [0.15, 0.2) is 0 Å². The molecular weight excluding hydrogens is 383 g/mol. The molecule has 4 nitrogen and oxygen atoms in total. The van der Waals surface area contributed by atoms with Gasteiger partial charge < -0.3 is 10.6 Å². The van der Waals surface area contributed by atoms with Crippen molar-refractivity contribution in [3.05, 3.63) is 60.4 Å². The first kappa shape index (κ1) is 21.3. The third-order valence-electron chi connectivity index (χ3n) is 3.59. The summed E-state index contributed by atoms with van der Waals surface area (Å²) in [6.07, 6.45) is 0.883. The Labute approximate surface area is 167 Å². The van der Waals surface area contributed by atoms with Gasteiger partial charge in [-0.2, -0.15) is 0 Å². The normalized spacial score (nSPS) is 11.6. The van der Waals surface area contributed by atoms with Crippen molar-refractivity contribution in [3.63, 3.8) is 0 Å². The number of halogens is 1. The van der Waals surface area contributed by atoms with Crippen molar-refractivity contribution < 1.29 is 14.0 Å². The molecule has 2 aromatic rings. The summed E-state index contributed by atoms with van der Waals surface area (Å²) in [5.74, 6) is 0.460. The van der Waals surface area contributed by atoms with Crippen LogP contribution in [0.5, 0.6) is 0 Å². The zero-order valence-corrected chi connectivity index (χ0v) is 16.7. The molecule has 0 saturated carbocycles. The maximum absolute atomic E-state index is 12.8. The Kier molecular flexibility index (Phi) is 9.21. The van der Waals surface area contributed by atoms with Crippen LogP contribution in [0, 0.1) is 5.82 Å². The lowest BCUT2D eigenvalue weighted by atomic mass is 10.3. The van der Waals surface area contributed by atoms with E-state index in [1.54, 1.807) is 18.7 Å². The van der Waals surface area contributed by atoms with Gasteiger partial charge in [-0.25, -0.2) is 4.39 Å².